The molecule has 0 spiro atoms. The molecular weight excluding hydrogens is 472 g/mol. The van der Waals surface area contributed by atoms with Gasteiger partial charge in [0.05, 0.1) is 11.7 Å². The molecule has 2 aromatic heterocycles. The lowest BCUT2D eigenvalue weighted by molar-refractivity contribution is 0.588. The van der Waals surface area contributed by atoms with Crippen LogP contribution in [0, 0.1) is 6.92 Å². The van der Waals surface area contributed by atoms with Crippen LogP contribution in [0.25, 0.3) is 10.9 Å². The van der Waals surface area contributed by atoms with Gasteiger partial charge in [0, 0.05) is 41.4 Å². The Labute approximate surface area is 203 Å². The Morgan fingerprint density at radius 2 is 1.97 bits per heavy atom. The van der Waals surface area contributed by atoms with Crippen molar-refractivity contribution < 1.29 is 8.42 Å². The highest BCUT2D eigenvalue weighted by Crippen LogP contribution is 2.26. The summed E-state index contributed by atoms with van der Waals surface area (Å²) in [7, 11) is -3.96. The van der Waals surface area contributed by atoms with Crippen LogP contribution >= 0.6 is 11.5 Å². The van der Waals surface area contributed by atoms with Gasteiger partial charge in [-0.3, -0.25) is 0 Å². The van der Waals surface area contributed by atoms with E-state index in [9.17, 15) is 8.42 Å². The highest BCUT2D eigenvalue weighted by Gasteiger charge is 2.20. The van der Waals surface area contributed by atoms with Crippen molar-refractivity contribution >= 4 is 49.2 Å². The summed E-state index contributed by atoms with van der Waals surface area (Å²) in [5.41, 5.74) is 4.68. The van der Waals surface area contributed by atoms with Crippen LogP contribution in [-0.4, -0.2) is 46.6 Å². The van der Waals surface area contributed by atoms with Gasteiger partial charge in [0.1, 0.15) is 6.33 Å². The van der Waals surface area contributed by atoms with Crippen molar-refractivity contribution in [1.82, 2.24) is 23.9 Å². The molecule has 2 heterocycles. The van der Waals surface area contributed by atoms with E-state index < -0.39 is 10.2 Å². The maximum atomic E-state index is 12.8. The molecule has 0 radical (unpaired) electrons. The summed E-state index contributed by atoms with van der Waals surface area (Å²) in [6.07, 6.45) is 3.88. The Hall–Kier alpha value is -3.22. The highest BCUT2D eigenvalue weighted by atomic mass is 32.2. The molecular formula is C22H28N8O2S2. The first-order valence-corrected chi connectivity index (χ1v) is 13.2. The first-order valence-electron chi connectivity index (χ1n) is 11.0. The van der Waals surface area contributed by atoms with Gasteiger partial charge in [-0.2, -0.15) is 17.9 Å². The third kappa shape index (κ3) is 5.64. The summed E-state index contributed by atoms with van der Waals surface area (Å²) in [5.74, 6) is 0. The van der Waals surface area contributed by atoms with E-state index in [0.717, 1.165) is 58.6 Å². The summed E-state index contributed by atoms with van der Waals surface area (Å²) >= 11 is 0.959. The number of benzene rings is 2. The van der Waals surface area contributed by atoms with Gasteiger partial charge in [-0.1, -0.05) is 25.1 Å². The minimum Gasteiger partial charge on any atom is -0.385 e. The fourth-order valence-electron chi connectivity index (χ4n) is 3.56. The third-order valence-electron chi connectivity index (χ3n) is 5.22. The molecule has 180 valence electrons. The van der Waals surface area contributed by atoms with E-state index in [0.29, 0.717) is 17.4 Å². The predicted octanol–water partition coefficient (Wildman–Crippen LogP) is 3.42. The minimum absolute atomic E-state index is 0.183. The second kappa shape index (κ2) is 10.8. The lowest BCUT2D eigenvalue weighted by atomic mass is 10.1. The number of anilines is 3. The normalized spacial score (nSPS) is 11.6. The van der Waals surface area contributed by atoms with Crippen LogP contribution in [0.4, 0.5) is 16.5 Å². The number of nitrogens with zero attached hydrogens (tertiary/aromatic N) is 4. The molecule has 0 aliphatic carbocycles. The second-order valence-electron chi connectivity index (χ2n) is 7.73. The highest BCUT2D eigenvalue weighted by molar-refractivity contribution is 7.91. The molecule has 2 aromatic carbocycles. The number of hydrogen-bond acceptors (Lipinski definition) is 9. The van der Waals surface area contributed by atoms with E-state index in [1.165, 1.54) is 11.9 Å². The van der Waals surface area contributed by atoms with E-state index in [2.05, 4.69) is 67.2 Å². The van der Waals surface area contributed by atoms with Crippen molar-refractivity contribution in [2.75, 3.05) is 35.0 Å². The van der Waals surface area contributed by atoms with E-state index >= 15 is 0 Å². The van der Waals surface area contributed by atoms with Crippen molar-refractivity contribution in [3.05, 3.63) is 60.0 Å². The Morgan fingerprint density at radius 1 is 1.09 bits per heavy atom. The van der Waals surface area contributed by atoms with Crippen LogP contribution < -0.4 is 20.7 Å². The van der Waals surface area contributed by atoms with Gasteiger partial charge in [-0.05, 0) is 55.8 Å². The summed E-state index contributed by atoms with van der Waals surface area (Å²) in [6, 6.07) is 11.8. The molecule has 0 fully saturated rings. The van der Waals surface area contributed by atoms with Crippen molar-refractivity contribution in [2.24, 2.45) is 0 Å². The molecule has 12 heteroatoms. The number of nitrogens with one attached hydrogen (secondary N) is 4. The van der Waals surface area contributed by atoms with E-state index in [4.69, 9.17) is 0 Å². The Balaban J connectivity index is 1.51. The lowest BCUT2D eigenvalue weighted by Gasteiger charge is -2.15. The molecule has 0 aliphatic rings. The number of rotatable bonds is 12. The maximum absolute atomic E-state index is 12.8. The van der Waals surface area contributed by atoms with Gasteiger partial charge in [0.15, 0.2) is 0 Å². The average Bonchev–Trinajstić information content (AvgIpc) is 3.48. The summed E-state index contributed by atoms with van der Waals surface area (Å²) < 4.78 is 32.8. The van der Waals surface area contributed by atoms with E-state index in [1.54, 1.807) is 18.3 Å². The van der Waals surface area contributed by atoms with Gasteiger partial charge < -0.3 is 16.0 Å². The van der Waals surface area contributed by atoms with Crippen molar-refractivity contribution in [3.63, 3.8) is 0 Å². The van der Waals surface area contributed by atoms with E-state index in [-0.39, 0.29) is 5.13 Å². The van der Waals surface area contributed by atoms with Crippen molar-refractivity contribution in [1.29, 1.82) is 0 Å². The zero-order chi connectivity index (χ0) is 24.0. The topological polar surface area (TPSA) is 126 Å². The van der Waals surface area contributed by atoms with Crippen molar-refractivity contribution in [2.45, 2.75) is 26.8 Å². The van der Waals surface area contributed by atoms with Gasteiger partial charge in [-0.15, -0.1) is 4.09 Å². The van der Waals surface area contributed by atoms with Crippen LogP contribution in [0.2, 0.25) is 0 Å². The lowest BCUT2D eigenvalue weighted by Crippen LogP contribution is -2.22. The number of fused-ring (bicyclic) bond motifs is 1. The zero-order valence-corrected chi connectivity index (χ0v) is 20.7. The fraction of sp³-hybridized carbons (Fsp3) is 0.318. The van der Waals surface area contributed by atoms with Crippen LogP contribution in [0.1, 0.15) is 24.5 Å². The summed E-state index contributed by atoms with van der Waals surface area (Å²) in [6.45, 7) is 7.59. The Morgan fingerprint density at radius 3 is 2.76 bits per heavy atom. The monoisotopic (exact) mass is 500 g/mol. The molecule has 4 N–H and O–H groups in total. The second-order valence-corrected chi connectivity index (χ2v) is 10.0. The van der Waals surface area contributed by atoms with Crippen LogP contribution in [-0.2, 0) is 16.8 Å². The standard InChI is InChI=1S/C22H28N8O2S2/c1-3-23-10-5-11-24-20-12-16(2)8-9-17(20)13-25-19-6-4-7-21-18(19)14-27-30(21)34(31,32)29-22-26-15-28-33-22/h4,6-9,12,14-15,23-25H,3,5,10-11,13H2,1-2H3,(H,26,28,29). The average molecular weight is 501 g/mol. The molecule has 0 bridgehead atoms. The Kier molecular flexibility index (Phi) is 7.60. The molecule has 0 unspecified atom stereocenters. The minimum atomic E-state index is -3.96. The SMILES string of the molecule is CCNCCCNc1cc(C)ccc1CNc1cccc2c1cnn2S(=O)(=O)Nc1ncns1. The summed E-state index contributed by atoms with van der Waals surface area (Å²) in [4.78, 5) is 3.88. The molecule has 34 heavy (non-hydrogen) atoms. The predicted molar refractivity (Wildman–Crippen MR) is 138 cm³/mol. The van der Waals surface area contributed by atoms with Gasteiger partial charge in [0.25, 0.3) is 0 Å². The van der Waals surface area contributed by atoms with Gasteiger partial charge in [-0.25, -0.2) is 9.71 Å². The molecule has 0 saturated heterocycles. The van der Waals surface area contributed by atoms with Gasteiger partial charge >= 0.3 is 10.2 Å². The number of aryl methyl sites for hydroxylation is 1. The van der Waals surface area contributed by atoms with Crippen molar-refractivity contribution in [3.8, 4) is 0 Å². The molecule has 4 rings (SSSR count). The number of hydrogen-bond donors (Lipinski definition) is 4. The molecule has 4 aromatic rings. The van der Waals surface area contributed by atoms with Gasteiger partial charge in [0.2, 0.25) is 5.13 Å². The molecule has 10 nitrogen and oxygen atoms in total. The van der Waals surface area contributed by atoms with Crippen LogP contribution in [0.5, 0.6) is 0 Å². The zero-order valence-electron chi connectivity index (χ0n) is 19.1. The number of aromatic nitrogens is 4. The quantitative estimate of drug-likeness (QED) is 0.218. The first-order chi connectivity index (χ1) is 16.5. The third-order valence-corrected chi connectivity index (χ3v) is 7.12. The molecule has 0 aliphatic heterocycles. The smallest absolute Gasteiger partial charge is 0.345 e. The van der Waals surface area contributed by atoms with E-state index in [1.807, 2.05) is 6.07 Å². The molecule has 0 amide bonds. The van der Waals surface area contributed by atoms with Crippen LogP contribution in [0.3, 0.4) is 0 Å². The largest absolute Gasteiger partial charge is 0.385 e. The molecule has 0 saturated carbocycles. The fourth-order valence-corrected chi connectivity index (χ4v) is 5.26. The first kappa shape index (κ1) is 23.9. The molecule has 0 atom stereocenters. The van der Waals surface area contributed by atoms with Crippen LogP contribution in [0.15, 0.2) is 48.9 Å². The Bertz CT molecular complexity index is 1340. The maximum Gasteiger partial charge on any atom is 0.345 e. The summed E-state index contributed by atoms with van der Waals surface area (Å²) in [5, 5.41) is 15.3.